The lowest BCUT2D eigenvalue weighted by atomic mass is 9.90. The van der Waals surface area contributed by atoms with Crippen LogP contribution in [-0.4, -0.2) is 46.5 Å². The minimum Gasteiger partial charge on any atom is -0.497 e. The normalized spacial score (nSPS) is 12.1. The summed E-state index contributed by atoms with van der Waals surface area (Å²) in [5, 5.41) is 10.1. The second kappa shape index (κ2) is 11.2. The van der Waals surface area contributed by atoms with Gasteiger partial charge in [-0.1, -0.05) is 42.5 Å². The molecule has 184 valence electrons. The maximum absolute atomic E-state index is 13.9. The van der Waals surface area contributed by atoms with Gasteiger partial charge in [-0.05, 0) is 62.1 Å². The average molecular weight is 495 g/mol. The van der Waals surface area contributed by atoms with Gasteiger partial charge >= 0.3 is 5.97 Å². The van der Waals surface area contributed by atoms with Crippen LogP contribution in [0.2, 0.25) is 0 Å². The molecule has 0 spiro atoms. The highest BCUT2D eigenvalue weighted by Gasteiger charge is 2.41. The van der Waals surface area contributed by atoms with Crippen LogP contribution in [0.4, 0.5) is 0 Å². The third kappa shape index (κ3) is 6.48. The van der Waals surface area contributed by atoms with E-state index in [1.54, 1.807) is 13.2 Å². The molecule has 2 amide bonds. The second-order valence-corrected chi connectivity index (χ2v) is 9.99. The number of hydrogen-bond donors (Lipinski definition) is 2. The number of hydrogen-bond acceptors (Lipinski definition) is 5. The fourth-order valence-corrected chi connectivity index (χ4v) is 5.10. The Morgan fingerprint density at radius 3 is 2.40 bits per heavy atom. The highest BCUT2D eigenvalue weighted by molar-refractivity contribution is 7.17. The molecule has 7 nitrogen and oxygen atoms in total. The lowest BCUT2D eigenvalue weighted by Crippen LogP contribution is -2.57. The predicted octanol–water partition coefficient (Wildman–Crippen LogP) is 4.61. The number of nitrogens with zero attached hydrogens (tertiary/aromatic N) is 1. The Morgan fingerprint density at radius 2 is 1.77 bits per heavy atom. The Balaban J connectivity index is 2.00. The van der Waals surface area contributed by atoms with E-state index in [0.717, 1.165) is 16.0 Å². The molecule has 1 aromatic heterocycles. The molecule has 0 aliphatic rings. The molecule has 0 fully saturated rings. The summed E-state index contributed by atoms with van der Waals surface area (Å²) in [7, 11) is 1.59. The number of carboxylic acids is 1. The first-order chi connectivity index (χ1) is 16.6. The summed E-state index contributed by atoms with van der Waals surface area (Å²) in [6.45, 7) is 3.68. The molecule has 0 aliphatic carbocycles. The topological polar surface area (TPSA) is 110 Å². The Hall–Kier alpha value is -3.65. The van der Waals surface area contributed by atoms with E-state index in [2.05, 4.69) is 0 Å². The first-order valence-electron chi connectivity index (χ1n) is 11.3. The average Bonchev–Trinajstić information content (AvgIpc) is 3.32. The molecule has 0 saturated carbocycles. The molecule has 0 saturated heterocycles. The Morgan fingerprint density at radius 1 is 1.06 bits per heavy atom. The molecule has 3 aromatic rings. The van der Waals surface area contributed by atoms with Crippen LogP contribution in [0.15, 0.2) is 66.7 Å². The number of amides is 2. The van der Waals surface area contributed by atoms with E-state index in [4.69, 9.17) is 10.5 Å². The summed E-state index contributed by atoms with van der Waals surface area (Å²) in [5.41, 5.74) is 6.31. The number of methoxy groups -OCH3 is 1. The first-order valence-corrected chi connectivity index (χ1v) is 12.1. The monoisotopic (exact) mass is 494 g/mol. The van der Waals surface area contributed by atoms with Crippen molar-refractivity contribution in [3.63, 3.8) is 0 Å². The number of carboxylic acid groups (broad SMARTS) is 1. The molecule has 1 atom stereocenters. The van der Waals surface area contributed by atoms with Gasteiger partial charge in [0.2, 0.25) is 5.91 Å². The van der Waals surface area contributed by atoms with Gasteiger partial charge in [0.1, 0.15) is 11.8 Å². The maximum atomic E-state index is 13.9. The van der Waals surface area contributed by atoms with Crippen LogP contribution < -0.4 is 10.5 Å². The van der Waals surface area contributed by atoms with Gasteiger partial charge in [-0.3, -0.25) is 9.59 Å². The van der Waals surface area contributed by atoms with Crippen molar-refractivity contribution in [3.05, 3.63) is 77.2 Å². The predicted molar refractivity (Wildman–Crippen MR) is 137 cm³/mol. The van der Waals surface area contributed by atoms with Crippen molar-refractivity contribution in [1.82, 2.24) is 4.90 Å². The van der Waals surface area contributed by atoms with E-state index in [9.17, 15) is 19.5 Å². The van der Waals surface area contributed by atoms with Crippen molar-refractivity contribution in [2.75, 3.05) is 7.11 Å². The first kappa shape index (κ1) is 26.0. The van der Waals surface area contributed by atoms with Gasteiger partial charge < -0.3 is 20.5 Å². The fourth-order valence-electron chi connectivity index (χ4n) is 4.16. The molecule has 2 aromatic carbocycles. The van der Waals surface area contributed by atoms with Gasteiger partial charge in [0.15, 0.2) is 0 Å². The molecular weight excluding hydrogens is 464 g/mol. The van der Waals surface area contributed by atoms with Gasteiger partial charge in [-0.25, -0.2) is 4.79 Å². The van der Waals surface area contributed by atoms with Crippen molar-refractivity contribution in [3.8, 4) is 16.2 Å². The van der Waals surface area contributed by atoms with Crippen LogP contribution >= 0.6 is 11.3 Å². The molecule has 0 aliphatic heterocycles. The lowest BCUT2D eigenvalue weighted by Gasteiger charge is -2.42. The van der Waals surface area contributed by atoms with E-state index < -0.39 is 29.4 Å². The third-order valence-electron chi connectivity index (χ3n) is 5.78. The van der Waals surface area contributed by atoms with Crippen LogP contribution in [0.3, 0.4) is 0 Å². The molecule has 3 N–H and O–H groups in total. The van der Waals surface area contributed by atoms with Crippen molar-refractivity contribution >= 4 is 29.1 Å². The number of aliphatic carboxylic acids is 1. The van der Waals surface area contributed by atoms with Crippen LogP contribution in [-0.2, 0) is 16.0 Å². The van der Waals surface area contributed by atoms with Gasteiger partial charge in [0.25, 0.3) is 5.91 Å². The summed E-state index contributed by atoms with van der Waals surface area (Å²) in [5.74, 6) is -1.49. The summed E-state index contributed by atoms with van der Waals surface area (Å²) in [4.78, 5) is 40.3. The number of carbonyl (C=O) groups excluding carboxylic acids is 2. The van der Waals surface area contributed by atoms with E-state index in [0.29, 0.717) is 17.0 Å². The van der Waals surface area contributed by atoms with Crippen molar-refractivity contribution < 1.29 is 24.2 Å². The Bertz CT molecular complexity index is 1190. The van der Waals surface area contributed by atoms with E-state index in [1.165, 1.54) is 16.2 Å². The van der Waals surface area contributed by atoms with Gasteiger partial charge in [-0.2, -0.15) is 0 Å². The Kier molecular flexibility index (Phi) is 8.30. The van der Waals surface area contributed by atoms with Gasteiger partial charge in [0, 0.05) is 16.8 Å². The largest absolute Gasteiger partial charge is 0.497 e. The zero-order valence-corrected chi connectivity index (χ0v) is 20.9. The van der Waals surface area contributed by atoms with Crippen molar-refractivity contribution in [1.29, 1.82) is 0 Å². The quantitative estimate of drug-likeness (QED) is 0.405. The zero-order chi connectivity index (χ0) is 25.6. The second-order valence-electron chi connectivity index (χ2n) is 8.90. The van der Waals surface area contributed by atoms with Gasteiger partial charge in [-0.15, -0.1) is 11.3 Å². The maximum Gasteiger partial charge on any atom is 0.326 e. The number of benzene rings is 2. The SMILES string of the molecule is COc1cccc(-c2ccc(C(=O)N([C@@H](CCC(N)=O)C(=O)O)C(C)(C)Cc3ccccc3)s2)c1. The third-order valence-corrected chi connectivity index (χ3v) is 6.90. The number of nitrogens with two attached hydrogens (primary N) is 1. The number of ether oxygens (including phenoxy) is 1. The molecule has 0 unspecified atom stereocenters. The number of rotatable bonds is 11. The standard InChI is InChI=1S/C27H30N2O5S/c1-27(2,17-18-8-5-4-6-9-18)29(21(26(32)33)12-15-24(28)30)25(31)23-14-13-22(35-23)19-10-7-11-20(16-19)34-3/h4-11,13-14,16,21H,12,15,17H2,1-3H3,(H2,28,30)(H,32,33)/t21-/m0/s1. The van der Waals surface area contributed by atoms with E-state index >= 15 is 0 Å². The van der Waals surface area contributed by atoms with Crippen molar-refractivity contribution in [2.24, 2.45) is 5.73 Å². The van der Waals surface area contributed by atoms with Crippen LogP contribution in [0.5, 0.6) is 5.75 Å². The molecule has 0 bridgehead atoms. The number of primary amides is 1. The number of carbonyl (C=O) groups is 3. The molecule has 8 heteroatoms. The molecular formula is C27H30N2O5S. The van der Waals surface area contributed by atoms with E-state index in [-0.39, 0.29) is 12.8 Å². The smallest absolute Gasteiger partial charge is 0.326 e. The highest BCUT2D eigenvalue weighted by Crippen LogP contribution is 2.34. The Labute approximate surface area is 209 Å². The van der Waals surface area contributed by atoms with Crippen LogP contribution in [0.1, 0.15) is 41.9 Å². The summed E-state index contributed by atoms with van der Waals surface area (Å²) in [6.07, 6.45) is 0.235. The van der Waals surface area contributed by atoms with Gasteiger partial charge in [0.05, 0.1) is 12.0 Å². The molecule has 35 heavy (non-hydrogen) atoms. The van der Waals surface area contributed by atoms with Crippen LogP contribution in [0.25, 0.3) is 10.4 Å². The molecule has 3 rings (SSSR count). The summed E-state index contributed by atoms with van der Waals surface area (Å²) >= 11 is 1.29. The summed E-state index contributed by atoms with van der Waals surface area (Å²) < 4.78 is 5.30. The fraction of sp³-hybridized carbons (Fsp3) is 0.296. The van der Waals surface area contributed by atoms with E-state index in [1.807, 2.05) is 74.5 Å². The van der Waals surface area contributed by atoms with Crippen LogP contribution in [0, 0.1) is 0 Å². The number of thiophene rings is 1. The molecule has 1 heterocycles. The highest BCUT2D eigenvalue weighted by atomic mass is 32.1. The minimum atomic E-state index is -1.21. The summed E-state index contributed by atoms with van der Waals surface area (Å²) in [6, 6.07) is 19.4. The zero-order valence-electron chi connectivity index (χ0n) is 20.1. The van der Waals surface area contributed by atoms with Crippen molar-refractivity contribution in [2.45, 2.75) is 44.7 Å². The molecule has 0 radical (unpaired) electrons. The minimum absolute atomic E-state index is 0.0667. The lowest BCUT2D eigenvalue weighted by molar-refractivity contribution is -0.144.